The van der Waals surface area contributed by atoms with Gasteiger partial charge in [0.1, 0.15) is 0 Å². The first-order valence-electron chi connectivity index (χ1n) is 12.4. The molecule has 1 aliphatic carbocycles. The lowest BCUT2D eigenvalue weighted by atomic mass is 10.00. The highest BCUT2D eigenvalue weighted by molar-refractivity contribution is 8.01. The number of hydrogen-bond donors (Lipinski definition) is 1. The van der Waals surface area contributed by atoms with E-state index in [1.807, 2.05) is 26.0 Å². The lowest BCUT2D eigenvalue weighted by Gasteiger charge is -2.45. The van der Waals surface area contributed by atoms with Crippen molar-refractivity contribution in [2.24, 2.45) is 5.92 Å². The second-order valence-corrected chi connectivity index (χ2v) is 13.9. The van der Waals surface area contributed by atoms with Crippen LogP contribution in [-0.4, -0.2) is 104 Å². The summed E-state index contributed by atoms with van der Waals surface area (Å²) in [6.07, 6.45) is 0.125. The zero-order valence-corrected chi connectivity index (χ0v) is 22.5. The van der Waals surface area contributed by atoms with Crippen LogP contribution in [0.25, 0.3) is 0 Å². The molecule has 3 heterocycles. The zero-order chi connectivity index (χ0) is 25.2. The fourth-order valence-corrected chi connectivity index (χ4v) is 9.44. The SMILES string of the molecule is CC(C)[C@@H]1COC[C@H]2N1S(=O)(c1ccc(Cl)cc1)=C1CC12OC(=O)N1CCN(C(C)(C)CO)CC1. The third-order valence-corrected chi connectivity index (χ3v) is 11.5. The van der Waals surface area contributed by atoms with Crippen LogP contribution in [0, 0.1) is 5.92 Å². The summed E-state index contributed by atoms with van der Waals surface area (Å²) in [4.78, 5) is 18.8. The number of carbonyl (C=O) groups is 1. The van der Waals surface area contributed by atoms with E-state index in [1.54, 1.807) is 17.0 Å². The number of morpholine rings is 1. The molecule has 4 aliphatic rings. The Morgan fingerprint density at radius 2 is 1.89 bits per heavy atom. The first kappa shape index (κ1) is 25.3. The minimum Gasteiger partial charge on any atom is -0.435 e. The topological polar surface area (TPSA) is 82.5 Å². The number of piperazine rings is 1. The van der Waals surface area contributed by atoms with Crippen molar-refractivity contribution in [3.63, 3.8) is 0 Å². The van der Waals surface area contributed by atoms with Gasteiger partial charge in [0, 0.05) is 54.1 Å². The molecule has 3 aliphatic heterocycles. The highest BCUT2D eigenvalue weighted by atomic mass is 35.5. The van der Waals surface area contributed by atoms with Crippen molar-refractivity contribution >= 4 is 32.3 Å². The molecule has 0 radical (unpaired) electrons. The lowest BCUT2D eigenvalue weighted by molar-refractivity contribution is -0.0697. The Balaban J connectivity index is 1.43. The van der Waals surface area contributed by atoms with Crippen LogP contribution in [0.4, 0.5) is 4.79 Å². The summed E-state index contributed by atoms with van der Waals surface area (Å²) >= 11 is 6.13. The van der Waals surface area contributed by atoms with Crippen molar-refractivity contribution in [2.45, 2.75) is 62.2 Å². The molecule has 0 aromatic heterocycles. The fourth-order valence-electron chi connectivity index (χ4n) is 5.69. The zero-order valence-electron chi connectivity index (χ0n) is 20.9. The van der Waals surface area contributed by atoms with Gasteiger partial charge in [-0.2, -0.15) is 0 Å². The second kappa shape index (κ2) is 8.89. The number of nitrogens with zero attached hydrogens (tertiary/aromatic N) is 3. The van der Waals surface area contributed by atoms with Gasteiger partial charge in [0.25, 0.3) is 0 Å². The second-order valence-electron chi connectivity index (χ2n) is 11.0. The Kier molecular flexibility index (Phi) is 6.42. The Labute approximate surface area is 213 Å². The fraction of sp³-hybridized carbons (Fsp3) is 0.680. The van der Waals surface area contributed by atoms with Crippen molar-refractivity contribution in [1.82, 2.24) is 14.1 Å². The number of hydrogen-bond acceptors (Lipinski definition) is 6. The normalized spacial score (nSPS) is 33.6. The first-order valence-corrected chi connectivity index (χ1v) is 14.3. The molecule has 4 atom stereocenters. The number of rotatable bonds is 5. The quantitative estimate of drug-likeness (QED) is 0.595. The van der Waals surface area contributed by atoms with E-state index in [1.165, 1.54) is 0 Å². The van der Waals surface area contributed by atoms with Crippen molar-refractivity contribution in [2.75, 3.05) is 46.0 Å². The Bertz CT molecular complexity index is 1110. The largest absolute Gasteiger partial charge is 0.435 e. The predicted octanol–water partition coefficient (Wildman–Crippen LogP) is 2.48. The molecule has 1 amide bonds. The van der Waals surface area contributed by atoms with Crippen LogP contribution >= 0.6 is 11.6 Å². The van der Waals surface area contributed by atoms with E-state index in [0.29, 0.717) is 55.7 Å². The monoisotopic (exact) mass is 525 g/mol. The molecule has 1 aromatic carbocycles. The number of amides is 1. The summed E-state index contributed by atoms with van der Waals surface area (Å²) in [5, 5.41) is 10.3. The number of carbonyl (C=O) groups excluding carboxylic acids is 1. The van der Waals surface area contributed by atoms with Crippen LogP contribution in [0.15, 0.2) is 29.2 Å². The molecule has 2 unspecified atom stereocenters. The minimum atomic E-state index is -2.74. The molecular formula is C25H36ClN3O5S. The number of fused-ring (bicyclic) bond motifs is 3. The van der Waals surface area contributed by atoms with Crippen molar-refractivity contribution in [3.8, 4) is 0 Å². The maximum atomic E-state index is 14.9. The van der Waals surface area contributed by atoms with Gasteiger partial charge in [0.15, 0.2) is 5.60 Å². The summed E-state index contributed by atoms with van der Waals surface area (Å²) in [5.74, 6) is 0.222. The molecule has 5 rings (SSSR count). The van der Waals surface area contributed by atoms with E-state index in [0.717, 1.165) is 4.86 Å². The van der Waals surface area contributed by atoms with Gasteiger partial charge in [0.05, 0.1) is 40.4 Å². The third-order valence-electron chi connectivity index (χ3n) is 8.09. The average Bonchev–Trinajstić information content (AvgIpc) is 3.54. The lowest BCUT2D eigenvalue weighted by Crippen LogP contribution is -2.60. The van der Waals surface area contributed by atoms with E-state index >= 15 is 0 Å². The van der Waals surface area contributed by atoms with E-state index in [4.69, 9.17) is 21.1 Å². The molecule has 2 saturated heterocycles. The molecule has 1 saturated carbocycles. The molecular weight excluding hydrogens is 490 g/mol. The standard InChI is InChI=1S/C25H36ClN3O5S/c1-17(2)20-14-33-15-21-25(34-23(31)27-9-11-28(12-10-27)24(3,4)16-30)13-22(25)35(32,29(20)21)19-7-5-18(26)6-8-19/h5-8,17,20-21,30H,9-16H2,1-4H3/t20-,21+,25?,35?/m0/s1. The molecule has 194 valence electrons. The van der Waals surface area contributed by atoms with E-state index in [9.17, 15) is 14.1 Å². The third kappa shape index (κ3) is 3.99. The summed E-state index contributed by atoms with van der Waals surface area (Å²) in [7, 11) is -2.74. The summed E-state index contributed by atoms with van der Waals surface area (Å²) in [5.41, 5.74) is -1.21. The number of halogens is 1. The van der Waals surface area contributed by atoms with Gasteiger partial charge in [-0.25, -0.2) is 13.3 Å². The molecule has 1 aromatic rings. The minimum absolute atomic E-state index is 0.0444. The van der Waals surface area contributed by atoms with Crippen LogP contribution < -0.4 is 0 Å². The van der Waals surface area contributed by atoms with Crippen LogP contribution in [0.5, 0.6) is 0 Å². The molecule has 35 heavy (non-hydrogen) atoms. The van der Waals surface area contributed by atoms with Crippen molar-refractivity contribution in [3.05, 3.63) is 29.3 Å². The number of aliphatic hydroxyl groups is 1. The Morgan fingerprint density at radius 3 is 2.49 bits per heavy atom. The van der Waals surface area contributed by atoms with Crippen molar-refractivity contribution < 1.29 is 23.6 Å². The highest BCUT2D eigenvalue weighted by Crippen LogP contribution is 2.55. The van der Waals surface area contributed by atoms with Gasteiger partial charge in [-0.15, -0.1) is 0 Å². The number of benzene rings is 1. The van der Waals surface area contributed by atoms with Gasteiger partial charge in [-0.05, 0) is 44.0 Å². The van der Waals surface area contributed by atoms with E-state index < -0.39 is 15.3 Å². The summed E-state index contributed by atoms with van der Waals surface area (Å²) in [6, 6.07) is 6.88. The number of ether oxygens (including phenoxy) is 2. The van der Waals surface area contributed by atoms with Gasteiger partial charge in [-0.3, -0.25) is 4.90 Å². The first-order chi connectivity index (χ1) is 16.5. The summed E-state index contributed by atoms with van der Waals surface area (Å²) < 4.78 is 29.2. The molecule has 10 heteroatoms. The summed E-state index contributed by atoms with van der Waals surface area (Å²) in [6.45, 7) is 11.6. The van der Waals surface area contributed by atoms with Crippen LogP contribution in [-0.2, 0) is 19.2 Å². The van der Waals surface area contributed by atoms with Crippen molar-refractivity contribution in [1.29, 1.82) is 0 Å². The smallest absolute Gasteiger partial charge is 0.410 e. The Hall–Kier alpha value is -1.36. The van der Waals surface area contributed by atoms with Gasteiger partial charge >= 0.3 is 6.09 Å². The van der Waals surface area contributed by atoms with Gasteiger partial charge < -0.3 is 19.5 Å². The Morgan fingerprint density at radius 1 is 1.23 bits per heavy atom. The maximum absolute atomic E-state index is 14.9. The van der Waals surface area contributed by atoms with Crippen LogP contribution in [0.2, 0.25) is 5.02 Å². The molecule has 8 nitrogen and oxygen atoms in total. The maximum Gasteiger partial charge on any atom is 0.410 e. The number of aliphatic hydroxyl groups excluding tert-OH is 1. The highest BCUT2D eigenvalue weighted by Gasteiger charge is 2.72. The van der Waals surface area contributed by atoms with Crippen LogP contribution in [0.3, 0.4) is 0 Å². The van der Waals surface area contributed by atoms with Gasteiger partial charge in [-0.1, -0.05) is 25.4 Å². The molecule has 0 spiro atoms. The van der Waals surface area contributed by atoms with Crippen LogP contribution in [0.1, 0.15) is 34.1 Å². The molecule has 1 N–H and O–H groups in total. The van der Waals surface area contributed by atoms with E-state index in [2.05, 4.69) is 23.1 Å². The predicted molar refractivity (Wildman–Crippen MR) is 136 cm³/mol. The molecule has 3 fully saturated rings. The average molecular weight is 526 g/mol. The van der Waals surface area contributed by atoms with E-state index in [-0.39, 0.29) is 36.2 Å². The van der Waals surface area contributed by atoms with Gasteiger partial charge in [0.2, 0.25) is 0 Å². The molecule has 0 bridgehead atoms.